The molecule has 3 aromatic rings. The Morgan fingerprint density at radius 2 is 2.00 bits per heavy atom. The normalized spacial score (nSPS) is 19.7. The molecule has 2 bridgehead atoms. The molecule has 0 amide bonds. The summed E-state index contributed by atoms with van der Waals surface area (Å²) >= 11 is 6.30. The molecule has 1 aliphatic carbocycles. The molecule has 1 atom stereocenters. The highest BCUT2D eigenvalue weighted by Crippen LogP contribution is 2.43. The van der Waals surface area contributed by atoms with Crippen LogP contribution in [0, 0.1) is 0 Å². The fraction of sp³-hybridized carbons (Fsp3) is 0.211. The largest absolute Gasteiger partial charge is 0.384 e. The number of halogens is 1. The predicted octanol–water partition coefficient (Wildman–Crippen LogP) is 4.20. The fourth-order valence-electron chi connectivity index (χ4n) is 3.26. The van der Waals surface area contributed by atoms with Gasteiger partial charge in [-0.15, -0.1) is 0 Å². The zero-order valence-electron chi connectivity index (χ0n) is 13.8. The third-order valence-electron chi connectivity index (χ3n) is 4.77. The van der Waals surface area contributed by atoms with Crippen LogP contribution in [0.25, 0.3) is 17.5 Å². The lowest BCUT2D eigenvalue weighted by atomic mass is 10.0. The van der Waals surface area contributed by atoms with E-state index in [2.05, 4.69) is 25.5 Å². The lowest BCUT2D eigenvalue weighted by Gasteiger charge is -2.12. The van der Waals surface area contributed by atoms with Gasteiger partial charge in [0.1, 0.15) is 5.02 Å². The van der Waals surface area contributed by atoms with Crippen molar-refractivity contribution < 1.29 is 5.11 Å². The number of benzene rings is 1. The smallest absolute Gasteiger partial charge is 0.162 e. The van der Waals surface area contributed by atoms with Gasteiger partial charge in [0.05, 0.1) is 12.3 Å². The number of hydrogen-bond donors (Lipinski definition) is 3. The molecule has 7 heteroatoms. The highest BCUT2D eigenvalue weighted by molar-refractivity contribution is 6.32. The monoisotopic (exact) mass is 365 g/mol. The molecular weight excluding hydrogens is 350 g/mol. The van der Waals surface area contributed by atoms with Crippen LogP contribution in [0.3, 0.4) is 0 Å². The SMILES string of the molecule is OC1/C=C\c2c(n[nH]c2C2CC2)Nc2nc(ncc2Cl)-c2ccccc21. The number of aliphatic hydroxyl groups excluding tert-OH is 1. The minimum absolute atomic E-state index is 0.414. The number of nitrogens with one attached hydrogen (secondary N) is 2. The first-order chi connectivity index (χ1) is 12.7. The maximum absolute atomic E-state index is 10.7. The number of nitrogens with zero attached hydrogens (tertiary/aromatic N) is 3. The van der Waals surface area contributed by atoms with Gasteiger partial charge in [-0.05, 0) is 18.4 Å². The third kappa shape index (κ3) is 2.58. The summed E-state index contributed by atoms with van der Waals surface area (Å²) in [5.41, 5.74) is 3.53. The number of H-pyrrole nitrogens is 1. The molecule has 1 aromatic carbocycles. The Bertz CT molecular complexity index is 1020. The molecular formula is C19H16ClN5O. The Labute approximate surface area is 155 Å². The van der Waals surface area contributed by atoms with Gasteiger partial charge in [0.25, 0.3) is 0 Å². The molecule has 5 rings (SSSR count). The van der Waals surface area contributed by atoms with Crippen molar-refractivity contribution in [2.45, 2.75) is 24.9 Å². The molecule has 0 radical (unpaired) electrons. The molecule has 1 saturated carbocycles. The van der Waals surface area contributed by atoms with E-state index in [1.54, 1.807) is 12.3 Å². The zero-order chi connectivity index (χ0) is 17.7. The Morgan fingerprint density at radius 1 is 1.15 bits per heavy atom. The van der Waals surface area contributed by atoms with E-state index < -0.39 is 6.10 Å². The molecule has 0 spiro atoms. The van der Waals surface area contributed by atoms with Crippen molar-refractivity contribution in [2.75, 3.05) is 5.32 Å². The fourth-order valence-corrected chi connectivity index (χ4v) is 3.40. The Kier molecular flexibility index (Phi) is 3.55. The lowest BCUT2D eigenvalue weighted by molar-refractivity contribution is 0.230. The van der Waals surface area contributed by atoms with Gasteiger partial charge in [0.15, 0.2) is 17.5 Å². The van der Waals surface area contributed by atoms with Gasteiger partial charge in [-0.3, -0.25) is 5.10 Å². The van der Waals surface area contributed by atoms with Crippen molar-refractivity contribution in [3.63, 3.8) is 0 Å². The third-order valence-corrected chi connectivity index (χ3v) is 5.04. The molecule has 3 heterocycles. The average molecular weight is 366 g/mol. The minimum atomic E-state index is -0.776. The average Bonchev–Trinajstić information content (AvgIpc) is 3.43. The van der Waals surface area contributed by atoms with E-state index in [0.717, 1.165) is 35.2 Å². The van der Waals surface area contributed by atoms with Gasteiger partial charge in [-0.2, -0.15) is 5.10 Å². The maximum Gasteiger partial charge on any atom is 0.162 e. The van der Waals surface area contributed by atoms with Crippen molar-refractivity contribution in [3.8, 4) is 11.4 Å². The van der Waals surface area contributed by atoms with Crippen LogP contribution in [0.2, 0.25) is 5.02 Å². The second-order valence-electron chi connectivity index (χ2n) is 6.58. The standard InChI is InChI=1S/C19H16ClN5O/c20-14-9-21-17-12-4-2-1-3-11(12)15(26)8-7-13-16(10-5-6-10)24-25-18(13)23-19(14)22-17/h1-4,7-10,15,26H,5-6H2,(H2,21,22,23,24,25)/b8-7-. The number of aliphatic hydroxyl groups is 1. The number of hydrogen-bond acceptors (Lipinski definition) is 5. The first kappa shape index (κ1) is 15.5. The van der Waals surface area contributed by atoms with Crippen molar-refractivity contribution in [1.82, 2.24) is 20.2 Å². The Balaban J connectivity index is 1.74. The second-order valence-corrected chi connectivity index (χ2v) is 6.99. The van der Waals surface area contributed by atoms with Crippen LogP contribution < -0.4 is 5.32 Å². The molecule has 1 aliphatic heterocycles. The molecule has 1 unspecified atom stereocenters. The van der Waals surface area contributed by atoms with Crippen molar-refractivity contribution in [2.24, 2.45) is 0 Å². The highest BCUT2D eigenvalue weighted by atomic mass is 35.5. The van der Waals surface area contributed by atoms with E-state index in [4.69, 9.17) is 11.6 Å². The Morgan fingerprint density at radius 3 is 2.85 bits per heavy atom. The summed E-state index contributed by atoms with van der Waals surface area (Å²) in [4.78, 5) is 8.91. The molecule has 1 fully saturated rings. The summed E-state index contributed by atoms with van der Waals surface area (Å²) in [6, 6.07) is 7.57. The van der Waals surface area contributed by atoms with Gasteiger partial charge < -0.3 is 10.4 Å². The van der Waals surface area contributed by atoms with Crippen LogP contribution in [0.5, 0.6) is 0 Å². The first-order valence-electron chi connectivity index (χ1n) is 8.54. The molecule has 6 nitrogen and oxygen atoms in total. The second kappa shape index (κ2) is 5.93. The van der Waals surface area contributed by atoms with Crippen LogP contribution in [0.1, 0.15) is 41.7 Å². The van der Waals surface area contributed by atoms with Gasteiger partial charge >= 0.3 is 0 Å². The summed E-state index contributed by atoms with van der Waals surface area (Å²) in [7, 11) is 0. The van der Waals surface area contributed by atoms with Gasteiger partial charge in [0, 0.05) is 22.7 Å². The molecule has 2 aromatic heterocycles. The van der Waals surface area contributed by atoms with E-state index >= 15 is 0 Å². The van der Waals surface area contributed by atoms with Crippen LogP contribution >= 0.6 is 11.6 Å². The summed E-state index contributed by atoms with van der Waals surface area (Å²) in [6.45, 7) is 0. The molecule has 0 saturated heterocycles. The molecule has 130 valence electrons. The van der Waals surface area contributed by atoms with Gasteiger partial charge in [0.2, 0.25) is 0 Å². The van der Waals surface area contributed by atoms with Crippen LogP contribution in [0.15, 0.2) is 36.5 Å². The van der Waals surface area contributed by atoms with E-state index in [1.165, 1.54) is 0 Å². The maximum atomic E-state index is 10.7. The number of anilines is 2. The van der Waals surface area contributed by atoms with Crippen molar-refractivity contribution in [1.29, 1.82) is 0 Å². The quantitative estimate of drug-likeness (QED) is 0.601. The Hall–Kier alpha value is -2.70. The summed E-state index contributed by atoms with van der Waals surface area (Å²) in [5, 5.41) is 21.9. The van der Waals surface area contributed by atoms with E-state index in [1.807, 2.05) is 30.3 Å². The van der Waals surface area contributed by atoms with Crippen LogP contribution in [-0.4, -0.2) is 25.3 Å². The number of fused-ring (bicyclic) bond motifs is 5. The van der Waals surface area contributed by atoms with Crippen LogP contribution in [0.4, 0.5) is 11.6 Å². The predicted molar refractivity (Wildman–Crippen MR) is 100 cm³/mol. The summed E-state index contributed by atoms with van der Waals surface area (Å²) in [6.07, 6.45) is 6.77. The zero-order valence-corrected chi connectivity index (χ0v) is 14.5. The first-order valence-corrected chi connectivity index (χ1v) is 8.92. The number of rotatable bonds is 1. The van der Waals surface area contributed by atoms with Gasteiger partial charge in [-0.1, -0.05) is 48.0 Å². The topological polar surface area (TPSA) is 86.7 Å². The highest BCUT2D eigenvalue weighted by Gasteiger charge is 2.29. The van der Waals surface area contributed by atoms with Crippen molar-refractivity contribution in [3.05, 3.63) is 58.4 Å². The molecule has 2 aliphatic rings. The van der Waals surface area contributed by atoms with Crippen molar-refractivity contribution >= 4 is 29.3 Å². The van der Waals surface area contributed by atoms with E-state index in [9.17, 15) is 5.11 Å². The van der Waals surface area contributed by atoms with Gasteiger partial charge in [-0.25, -0.2) is 9.97 Å². The molecule has 3 N–H and O–H groups in total. The van der Waals surface area contributed by atoms with Crippen LogP contribution in [-0.2, 0) is 0 Å². The summed E-state index contributed by atoms with van der Waals surface area (Å²) < 4.78 is 0. The number of aromatic nitrogens is 4. The van der Waals surface area contributed by atoms with E-state index in [0.29, 0.717) is 28.4 Å². The summed E-state index contributed by atoms with van der Waals surface area (Å²) in [5.74, 6) is 2.13. The lowest BCUT2D eigenvalue weighted by Crippen LogP contribution is -2.01. The van der Waals surface area contributed by atoms with E-state index in [-0.39, 0.29) is 0 Å². The number of aromatic amines is 1. The minimum Gasteiger partial charge on any atom is -0.384 e. The molecule has 26 heavy (non-hydrogen) atoms.